The van der Waals surface area contributed by atoms with Gasteiger partial charge in [0.05, 0.1) is 10.6 Å². The van der Waals surface area contributed by atoms with Gasteiger partial charge in [-0.05, 0) is 23.8 Å². The lowest BCUT2D eigenvalue weighted by atomic mass is 10.0. The number of hydrogen-bond donors (Lipinski definition) is 0. The van der Waals surface area contributed by atoms with Crippen LogP contribution in [0.3, 0.4) is 0 Å². The molecule has 0 amide bonds. The minimum absolute atomic E-state index is 0.427. The third-order valence-corrected chi connectivity index (χ3v) is 3.49. The van der Waals surface area contributed by atoms with E-state index in [0.717, 1.165) is 15.6 Å². The molecule has 2 nitrogen and oxygen atoms in total. The topological polar surface area (TPSA) is 36.7 Å². The van der Waals surface area contributed by atoms with E-state index >= 15 is 0 Å². The zero-order valence-electron chi connectivity index (χ0n) is 9.27. The highest BCUT2D eigenvalue weighted by Gasteiger charge is 2.11. The highest BCUT2D eigenvalue weighted by Crippen LogP contribution is 2.33. The molecule has 0 unspecified atom stereocenters. The van der Waals surface area contributed by atoms with E-state index in [-0.39, 0.29) is 0 Å². The number of rotatable bonds is 2. The molecule has 0 aliphatic carbocycles. The van der Waals surface area contributed by atoms with Gasteiger partial charge in [-0.25, -0.2) is 0 Å². The summed E-state index contributed by atoms with van der Waals surface area (Å²) < 4.78 is 0.858. The zero-order chi connectivity index (χ0) is 13.0. The SMILES string of the molecule is N#C/C(=C(/Cl)c1ccccc1Br)c1ccncc1. The fourth-order valence-corrected chi connectivity index (χ4v) is 2.45. The van der Waals surface area contributed by atoms with E-state index in [9.17, 15) is 5.26 Å². The maximum absolute atomic E-state index is 9.27. The van der Waals surface area contributed by atoms with Crippen LogP contribution < -0.4 is 0 Å². The Hall–Kier alpha value is -1.63. The Morgan fingerprint density at radius 2 is 1.83 bits per heavy atom. The number of hydrogen-bond acceptors (Lipinski definition) is 2. The number of halogens is 2. The predicted molar refractivity (Wildman–Crippen MR) is 76.7 cm³/mol. The third kappa shape index (κ3) is 2.61. The first-order valence-corrected chi connectivity index (χ1v) is 6.36. The second kappa shape index (κ2) is 5.81. The molecule has 2 rings (SSSR count). The molecular formula is C14H8BrClN2. The Morgan fingerprint density at radius 1 is 1.17 bits per heavy atom. The molecule has 0 aliphatic rings. The molecule has 88 valence electrons. The molecule has 0 bridgehead atoms. The summed E-state index contributed by atoms with van der Waals surface area (Å²) in [5.74, 6) is 0. The van der Waals surface area contributed by atoms with Gasteiger partial charge in [-0.3, -0.25) is 4.98 Å². The van der Waals surface area contributed by atoms with Crippen molar-refractivity contribution in [1.29, 1.82) is 5.26 Å². The van der Waals surface area contributed by atoms with E-state index in [0.29, 0.717) is 10.6 Å². The van der Waals surface area contributed by atoms with Crippen molar-refractivity contribution in [2.75, 3.05) is 0 Å². The van der Waals surface area contributed by atoms with Crippen molar-refractivity contribution >= 4 is 38.1 Å². The molecule has 1 heterocycles. The summed E-state index contributed by atoms with van der Waals surface area (Å²) in [6, 6.07) is 13.2. The van der Waals surface area contributed by atoms with E-state index in [2.05, 4.69) is 27.0 Å². The molecule has 1 aromatic heterocycles. The highest BCUT2D eigenvalue weighted by atomic mass is 79.9. The van der Waals surface area contributed by atoms with Gasteiger partial charge in [-0.2, -0.15) is 5.26 Å². The molecular weight excluding hydrogens is 312 g/mol. The lowest BCUT2D eigenvalue weighted by molar-refractivity contribution is 1.32. The maximum atomic E-state index is 9.27. The number of benzene rings is 1. The first-order chi connectivity index (χ1) is 8.74. The first kappa shape index (κ1) is 12.8. The Morgan fingerprint density at radius 3 is 2.44 bits per heavy atom. The minimum Gasteiger partial charge on any atom is -0.265 e. The lowest BCUT2D eigenvalue weighted by Gasteiger charge is -2.06. The van der Waals surface area contributed by atoms with Gasteiger partial charge < -0.3 is 0 Å². The van der Waals surface area contributed by atoms with Crippen molar-refractivity contribution in [3.05, 3.63) is 64.4 Å². The van der Waals surface area contributed by atoms with Gasteiger partial charge in [-0.1, -0.05) is 45.7 Å². The van der Waals surface area contributed by atoms with Crippen molar-refractivity contribution in [2.24, 2.45) is 0 Å². The molecule has 18 heavy (non-hydrogen) atoms. The Kier molecular flexibility index (Phi) is 4.14. The molecule has 0 atom stereocenters. The summed E-state index contributed by atoms with van der Waals surface area (Å²) in [5, 5.41) is 9.70. The van der Waals surface area contributed by atoms with Gasteiger partial charge >= 0.3 is 0 Å². The van der Waals surface area contributed by atoms with Crippen LogP contribution in [-0.4, -0.2) is 4.98 Å². The number of aromatic nitrogens is 1. The van der Waals surface area contributed by atoms with Crippen LogP contribution in [0.5, 0.6) is 0 Å². The minimum atomic E-state index is 0.427. The Balaban J connectivity index is 2.59. The summed E-state index contributed by atoms with van der Waals surface area (Å²) in [6.07, 6.45) is 3.27. The van der Waals surface area contributed by atoms with Gasteiger partial charge in [0, 0.05) is 22.4 Å². The average Bonchev–Trinajstić information content (AvgIpc) is 2.41. The van der Waals surface area contributed by atoms with Crippen LogP contribution in [0, 0.1) is 11.3 Å². The lowest BCUT2D eigenvalue weighted by Crippen LogP contribution is -1.87. The molecule has 0 N–H and O–H groups in total. The van der Waals surface area contributed by atoms with Gasteiger partial charge in [0.2, 0.25) is 0 Å². The van der Waals surface area contributed by atoms with E-state index < -0.39 is 0 Å². The molecule has 0 saturated carbocycles. The average molecular weight is 320 g/mol. The molecule has 0 spiro atoms. The van der Waals surface area contributed by atoms with Gasteiger partial charge in [0.15, 0.2) is 0 Å². The first-order valence-electron chi connectivity index (χ1n) is 5.19. The summed E-state index contributed by atoms with van der Waals surface area (Å²) in [4.78, 5) is 3.93. The van der Waals surface area contributed by atoms with Crippen LogP contribution in [0.2, 0.25) is 0 Å². The van der Waals surface area contributed by atoms with Crippen molar-refractivity contribution in [1.82, 2.24) is 4.98 Å². The summed E-state index contributed by atoms with van der Waals surface area (Å²) in [6.45, 7) is 0. The van der Waals surface area contributed by atoms with E-state index in [1.165, 1.54) is 0 Å². The van der Waals surface area contributed by atoms with E-state index in [1.54, 1.807) is 24.5 Å². The Labute approximate surface area is 119 Å². The number of pyridine rings is 1. The molecule has 2 aromatic rings. The molecule has 1 aromatic carbocycles. The highest BCUT2D eigenvalue weighted by molar-refractivity contribution is 9.10. The van der Waals surface area contributed by atoms with E-state index in [4.69, 9.17) is 11.6 Å². The fraction of sp³-hybridized carbons (Fsp3) is 0. The van der Waals surface area contributed by atoms with Gasteiger partial charge in [0.1, 0.15) is 6.07 Å². The summed E-state index contributed by atoms with van der Waals surface area (Å²) in [7, 11) is 0. The summed E-state index contributed by atoms with van der Waals surface area (Å²) >= 11 is 9.75. The number of nitrogens with zero attached hydrogens (tertiary/aromatic N) is 2. The standard InChI is InChI=1S/C14H8BrClN2/c15-13-4-2-1-3-11(13)14(16)12(9-17)10-5-7-18-8-6-10/h1-8H/b14-12-. The fourth-order valence-electron chi connectivity index (χ4n) is 1.53. The second-order valence-corrected chi connectivity index (χ2v) is 4.75. The van der Waals surface area contributed by atoms with Crippen LogP contribution >= 0.6 is 27.5 Å². The Bertz CT molecular complexity index is 630. The second-order valence-electron chi connectivity index (χ2n) is 3.52. The normalized spacial score (nSPS) is 11.6. The molecule has 0 fully saturated rings. The maximum Gasteiger partial charge on any atom is 0.101 e. The zero-order valence-corrected chi connectivity index (χ0v) is 11.6. The summed E-state index contributed by atoms with van der Waals surface area (Å²) in [5.41, 5.74) is 1.99. The van der Waals surface area contributed by atoms with Gasteiger partial charge in [0.25, 0.3) is 0 Å². The van der Waals surface area contributed by atoms with Crippen molar-refractivity contribution in [3.63, 3.8) is 0 Å². The monoisotopic (exact) mass is 318 g/mol. The van der Waals surface area contributed by atoms with Gasteiger partial charge in [-0.15, -0.1) is 0 Å². The van der Waals surface area contributed by atoms with Crippen LogP contribution in [0.15, 0.2) is 53.3 Å². The van der Waals surface area contributed by atoms with Crippen LogP contribution in [0.4, 0.5) is 0 Å². The number of allylic oxidation sites excluding steroid dienone is 1. The molecule has 0 saturated heterocycles. The third-order valence-electron chi connectivity index (χ3n) is 2.41. The molecule has 4 heteroatoms. The van der Waals surface area contributed by atoms with Crippen molar-refractivity contribution in [2.45, 2.75) is 0 Å². The largest absolute Gasteiger partial charge is 0.265 e. The van der Waals surface area contributed by atoms with Crippen LogP contribution in [0.25, 0.3) is 10.6 Å². The van der Waals surface area contributed by atoms with E-state index in [1.807, 2.05) is 24.3 Å². The molecule has 0 aliphatic heterocycles. The van der Waals surface area contributed by atoms with Crippen LogP contribution in [-0.2, 0) is 0 Å². The molecule has 0 radical (unpaired) electrons. The number of nitriles is 1. The smallest absolute Gasteiger partial charge is 0.101 e. The predicted octanol–water partition coefficient (Wildman–Crippen LogP) is 4.47. The van der Waals surface area contributed by atoms with Crippen molar-refractivity contribution in [3.8, 4) is 6.07 Å². The quantitative estimate of drug-likeness (QED) is 0.766. The van der Waals surface area contributed by atoms with Crippen molar-refractivity contribution < 1.29 is 0 Å². The van der Waals surface area contributed by atoms with Crippen LogP contribution in [0.1, 0.15) is 11.1 Å².